The average Bonchev–Trinajstić information content (AvgIpc) is 3.15. The summed E-state index contributed by atoms with van der Waals surface area (Å²) in [5, 5.41) is 11.3. The molecular formula is C27H23F2NO6. The van der Waals surface area contributed by atoms with Gasteiger partial charge in [0.05, 0.1) is 32.4 Å². The molecule has 1 aliphatic heterocycles. The second-order valence-electron chi connectivity index (χ2n) is 7.84. The number of benzene rings is 3. The second kappa shape index (κ2) is 10.1. The van der Waals surface area contributed by atoms with E-state index in [0.717, 1.165) is 17.0 Å². The second-order valence-corrected chi connectivity index (χ2v) is 7.84. The lowest BCUT2D eigenvalue weighted by molar-refractivity contribution is -0.132. The quantitative estimate of drug-likeness (QED) is 0.282. The molecule has 0 saturated carbocycles. The molecule has 1 fully saturated rings. The number of anilines is 1. The fourth-order valence-electron chi connectivity index (χ4n) is 4.13. The summed E-state index contributed by atoms with van der Waals surface area (Å²) in [6.45, 7) is 2.18. The van der Waals surface area contributed by atoms with Gasteiger partial charge in [-0.25, -0.2) is 8.78 Å². The zero-order valence-electron chi connectivity index (χ0n) is 19.7. The number of carbonyl (C=O) groups is 2. The SMILES string of the molecule is CCOc1cccc(C2/C(=C(\O)c3ccc(OC)c(OC)c3)C(=O)C(=O)N2c2ccc(F)c(F)c2)c1. The molecule has 186 valence electrons. The van der Waals surface area contributed by atoms with Gasteiger partial charge in [0.2, 0.25) is 0 Å². The van der Waals surface area contributed by atoms with Crippen molar-refractivity contribution in [3.63, 3.8) is 0 Å². The van der Waals surface area contributed by atoms with E-state index in [2.05, 4.69) is 0 Å². The van der Waals surface area contributed by atoms with Gasteiger partial charge in [0.15, 0.2) is 23.1 Å². The number of carbonyl (C=O) groups excluding carboxylic acids is 2. The Morgan fingerprint density at radius 1 is 0.944 bits per heavy atom. The van der Waals surface area contributed by atoms with Gasteiger partial charge in [0.1, 0.15) is 11.5 Å². The normalized spacial score (nSPS) is 16.8. The summed E-state index contributed by atoms with van der Waals surface area (Å²) in [7, 11) is 2.87. The molecule has 1 unspecified atom stereocenters. The Labute approximate surface area is 206 Å². The first kappa shape index (κ1) is 24.7. The van der Waals surface area contributed by atoms with Crippen LogP contribution in [-0.2, 0) is 9.59 Å². The van der Waals surface area contributed by atoms with Crippen molar-refractivity contribution in [2.24, 2.45) is 0 Å². The molecule has 4 rings (SSSR count). The van der Waals surface area contributed by atoms with Crippen LogP contribution < -0.4 is 19.1 Å². The highest BCUT2D eigenvalue weighted by atomic mass is 19.2. The number of methoxy groups -OCH3 is 2. The molecule has 1 heterocycles. The van der Waals surface area contributed by atoms with Gasteiger partial charge in [-0.15, -0.1) is 0 Å². The van der Waals surface area contributed by atoms with Crippen molar-refractivity contribution >= 4 is 23.1 Å². The monoisotopic (exact) mass is 495 g/mol. The van der Waals surface area contributed by atoms with Crippen molar-refractivity contribution in [1.29, 1.82) is 0 Å². The maximum Gasteiger partial charge on any atom is 0.300 e. The third-order valence-corrected chi connectivity index (χ3v) is 5.77. The lowest BCUT2D eigenvalue weighted by Crippen LogP contribution is -2.29. The lowest BCUT2D eigenvalue weighted by Gasteiger charge is -2.26. The molecule has 0 aromatic heterocycles. The molecule has 1 atom stereocenters. The third-order valence-electron chi connectivity index (χ3n) is 5.77. The van der Waals surface area contributed by atoms with Crippen LogP contribution in [-0.4, -0.2) is 37.6 Å². The summed E-state index contributed by atoms with van der Waals surface area (Å²) < 4.78 is 43.8. The number of amides is 1. The van der Waals surface area contributed by atoms with Crippen LogP contribution in [0.1, 0.15) is 24.1 Å². The number of Topliss-reactive ketones (excluding diaryl/α,β-unsaturated/α-hetero) is 1. The number of halogens is 2. The summed E-state index contributed by atoms with van der Waals surface area (Å²) >= 11 is 0. The predicted octanol–water partition coefficient (Wildman–Crippen LogP) is 5.01. The van der Waals surface area contributed by atoms with Crippen LogP contribution >= 0.6 is 0 Å². The standard InChI is InChI=1S/C27H23F2NO6/c1-4-36-18-7-5-6-15(12-18)24-23(25(31)16-8-11-21(34-2)22(13-16)35-3)26(32)27(33)30(24)17-9-10-19(28)20(29)14-17/h5-14,24,31H,4H2,1-3H3/b25-23+. The minimum absolute atomic E-state index is 0.0471. The van der Waals surface area contributed by atoms with Gasteiger partial charge in [-0.3, -0.25) is 14.5 Å². The number of ketones is 1. The molecule has 1 saturated heterocycles. The molecule has 3 aromatic rings. The number of aliphatic hydroxyl groups is 1. The number of hydrogen-bond donors (Lipinski definition) is 1. The summed E-state index contributed by atoms with van der Waals surface area (Å²) in [5.74, 6) is -3.58. The van der Waals surface area contributed by atoms with E-state index < -0.39 is 35.1 Å². The van der Waals surface area contributed by atoms with Crippen LogP contribution in [0.5, 0.6) is 17.2 Å². The largest absolute Gasteiger partial charge is 0.507 e. The molecule has 1 aliphatic rings. The number of rotatable bonds is 7. The van der Waals surface area contributed by atoms with E-state index in [9.17, 15) is 23.5 Å². The van der Waals surface area contributed by atoms with Crippen molar-refractivity contribution in [3.05, 3.63) is 89.0 Å². The molecule has 0 bridgehead atoms. The fraction of sp³-hybridized carbons (Fsp3) is 0.185. The first-order valence-electron chi connectivity index (χ1n) is 11.0. The fourth-order valence-corrected chi connectivity index (χ4v) is 4.13. The van der Waals surface area contributed by atoms with Gasteiger partial charge in [-0.05, 0) is 55.0 Å². The number of hydrogen-bond acceptors (Lipinski definition) is 6. The Balaban J connectivity index is 1.95. The Morgan fingerprint density at radius 3 is 2.36 bits per heavy atom. The number of nitrogens with zero attached hydrogens (tertiary/aromatic N) is 1. The molecule has 0 spiro atoms. The first-order chi connectivity index (χ1) is 17.3. The van der Waals surface area contributed by atoms with E-state index in [1.165, 1.54) is 32.4 Å². The van der Waals surface area contributed by atoms with Crippen LogP contribution in [0.4, 0.5) is 14.5 Å². The van der Waals surface area contributed by atoms with Crippen molar-refractivity contribution < 1.29 is 37.7 Å². The van der Waals surface area contributed by atoms with E-state index in [1.54, 1.807) is 37.3 Å². The minimum Gasteiger partial charge on any atom is -0.507 e. The van der Waals surface area contributed by atoms with E-state index in [0.29, 0.717) is 29.4 Å². The summed E-state index contributed by atoms with van der Waals surface area (Å²) in [4.78, 5) is 27.5. The maximum absolute atomic E-state index is 14.1. The highest BCUT2D eigenvalue weighted by Crippen LogP contribution is 2.43. The summed E-state index contributed by atoms with van der Waals surface area (Å²) in [6.07, 6.45) is 0. The number of aliphatic hydroxyl groups excluding tert-OH is 1. The van der Waals surface area contributed by atoms with Crippen molar-refractivity contribution in [3.8, 4) is 17.2 Å². The Bertz CT molecular complexity index is 1370. The van der Waals surface area contributed by atoms with Crippen LogP contribution in [0, 0.1) is 11.6 Å². The zero-order valence-corrected chi connectivity index (χ0v) is 19.7. The minimum atomic E-state index is -1.18. The van der Waals surface area contributed by atoms with E-state index >= 15 is 0 Å². The lowest BCUT2D eigenvalue weighted by atomic mass is 9.94. The van der Waals surface area contributed by atoms with Crippen LogP contribution in [0.25, 0.3) is 5.76 Å². The van der Waals surface area contributed by atoms with Gasteiger partial charge in [0.25, 0.3) is 11.7 Å². The molecular weight excluding hydrogens is 472 g/mol. The van der Waals surface area contributed by atoms with Crippen LogP contribution in [0.15, 0.2) is 66.2 Å². The summed E-state index contributed by atoms with van der Waals surface area (Å²) in [6, 6.07) is 12.9. The topological polar surface area (TPSA) is 85.3 Å². The molecule has 9 heteroatoms. The molecule has 7 nitrogen and oxygen atoms in total. The van der Waals surface area contributed by atoms with Gasteiger partial charge < -0.3 is 19.3 Å². The Morgan fingerprint density at radius 2 is 1.69 bits per heavy atom. The highest BCUT2D eigenvalue weighted by molar-refractivity contribution is 6.51. The van der Waals surface area contributed by atoms with Gasteiger partial charge >= 0.3 is 0 Å². The van der Waals surface area contributed by atoms with E-state index in [-0.39, 0.29) is 16.8 Å². The zero-order chi connectivity index (χ0) is 26.0. The van der Waals surface area contributed by atoms with Crippen molar-refractivity contribution in [2.45, 2.75) is 13.0 Å². The highest BCUT2D eigenvalue weighted by Gasteiger charge is 2.47. The average molecular weight is 495 g/mol. The molecule has 36 heavy (non-hydrogen) atoms. The predicted molar refractivity (Wildman–Crippen MR) is 128 cm³/mol. The van der Waals surface area contributed by atoms with Crippen molar-refractivity contribution in [2.75, 3.05) is 25.7 Å². The van der Waals surface area contributed by atoms with Crippen molar-refractivity contribution in [1.82, 2.24) is 0 Å². The van der Waals surface area contributed by atoms with Crippen LogP contribution in [0.3, 0.4) is 0 Å². The van der Waals surface area contributed by atoms with Gasteiger partial charge in [0, 0.05) is 17.3 Å². The summed E-state index contributed by atoms with van der Waals surface area (Å²) in [5.41, 5.74) is 0.341. The van der Waals surface area contributed by atoms with E-state index in [4.69, 9.17) is 14.2 Å². The number of ether oxygens (including phenoxy) is 3. The third kappa shape index (κ3) is 4.35. The molecule has 1 N–H and O–H groups in total. The molecule has 1 amide bonds. The Hall–Kier alpha value is -4.40. The maximum atomic E-state index is 14.1. The van der Waals surface area contributed by atoms with Gasteiger partial charge in [-0.1, -0.05) is 12.1 Å². The molecule has 0 aliphatic carbocycles. The van der Waals surface area contributed by atoms with E-state index in [1.807, 2.05) is 0 Å². The Kier molecular flexibility index (Phi) is 6.91. The first-order valence-corrected chi connectivity index (χ1v) is 11.0. The molecule has 3 aromatic carbocycles. The molecule has 0 radical (unpaired) electrons. The van der Waals surface area contributed by atoms with Crippen LogP contribution in [0.2, 0.25) is 0 Å². The van der Waals surface area contributed by atoms with Gasteiger partial charge in [-0.2, -0.15) is 0 Å². The smallest absolute Gasteiger partial charge is 0.300 e.